The summed E-state index contributed by atoms with van der Waals surface area (Å²) in [6.07, 6.45) is 3.28. The molecule has 0 fully saturated rings. The van der Waals surface area contributed by atoms with Crippen LogP contribution < -0.4 is 0 Å². The van der Waals surface area contributed by atoms with E-state index in [0.717, 1.165) is 18.4 Å². The third-order valence-corrected chi connectivity index (χ3v) is 2.28. The zero-order chi connectivity index (χ0) is 9.84. The van der Waals surface area contributed by atoms with Gasteiger partial charge in [-0.25, -0.2) is 0 Å². The lowest BCUT2D eigenvalue weighted by molar-refractivity contribution is -0.140. The van der Waals surface area contributed by atoms with Gasteiger partial charge in [-0.1, -0.05) is 13.0 Å². The van der Waals surface area contributed by atoms with Crippen LogP contribution in [-0.4, -0.2) is 23.8 Å². The fourth-order valence-electron chi connectivity index (χ4n) is 1.46. The first kappa shape index (κ1) is 10.3. The summed E-state index contributed by atoms with van der Waals surface area (Å²) in [6, 6.07) is 0. The van der Waals surface area contributed by atoms with Crippen molar-refractivity contribution in [3.05, 3.63) is 11.6 Å². The highest BCUT2D eigenvalue weighted by Crippen LogP contribution is 2.23. The monoisotopic (exact) mass is 184 g/mol. The van der Waals surface area contributed by atoms with Gasteiger partial charge in [-0.05, 0) is 24.3 Å². The molecule has 74 valence electrons. The summed E-state index contributed by atoms with van der Waals surface area (Å²) in [6.45, 7) is 3.71. The van der Waals surface area contributed by atoms with Crippen LogP contribution in [0.5, 0.6) is 0 Å². The van der Waals surface area contributed by atoms with Gasteiger partial charge in [0.05, 0.1) is 6.10 Å². The number of hydrogen-bond acceptors (Lipinski definition) is 3. The normalized spacial score (nSPS) is 28.1. The molecule has 0 saturated carbocycles. The summed E-state index contributed by atoms with van der Waals surface area (Å²) in [5.41, 5.74) is 0.841. The Balaban J connectivity index is 2.44. The SMILES string of the molecule is CC(=O)OCC1=CCC(C)CC1O. The van der Waals surface area contributed by atoms with Crippen LogP contribution >= 0.6 is 0 Å². The van der Waals surface area contributed by atoms with Crippen LogP contribution in [0.25, 0.3) is 0 Å². The molecule has 0 aromatic carbocycles. The topological polar surface area (TPSA) is 46.5 Å². The molecular weight excluding hydrogens is 168 g/mol. The molecule has 0 radical (unpaired) electrons. The van der Waals surface area contributed by atoms with Gasteiger partial charge in [-0.2, -0.15) is 0 Å². The van der Waals surface area contributed by atoms with Crippen molar-refractivity contribution in [2.45, 2.75) is 32.8 Å². The van der Waals surface area contributed by atoms with E-state index in [2.05, 4.69) is 6.92 Å². The standard InChI is InChI=1S/C10H16O3/c1-7-3-4-9(10(12)5-7)6-13-8(2)11/h4,7,10,12H,3,5-6H2,1-2H3. The number of aliphatic hydroxyl groups excluding tert-OH is 1. The Kier molecular flexibility index (Phi) is 3.48. The van der Waals surface area contributed by atoms with Crippen LogP contribution in [0.15, 0.2) is 11.6 Å². The first-order valence-corrected chi connectivity index (χ1v) is 4.60. The van der Waals surface area contributed by atoms with Gasteiger partial charge < -0.3 is 9.84 Å². The molecule has 3 heteroatoms. The van der Waals surface area contributed by atoms with Crippen molar-refractivity contribution in [2.75, 3.05) is 6.61 Å². The summed E-state index contributed by atoms with van der Waals surface area (Å²) in [4.78, 5) is 10.5. The lowest BCUT2D eigenvalue weighted by Crippen LogP contribution is -2.22. The van der Waals surface area contributed by atoms with E-state index in [0.29, 0.717) is 5.92 Å². The van der Waals surface area contributed by atoms with E-state index >= 15 is 0 Å². The quantitative estimate of drug-likeness (QED) is 0.519. The van der Waals surface area contributed by atoms with E-state index in [1.54, 1.807) is 0 Å². The second-order valence-electron chi connectivity index (χ2n) is 3.65. The number of carbonyl (C=O) groups excluding carboxylic acids is 1. The fourth-order valence-corrected chi connectivity index (χ4v) is 1.46. The maximum absolute atomic E-state index is 10.5. The zero-order valence-electron chi connectivity index (χ0n) is 8.12. The smallest absolute Gasteiger partial charge is 0.302 e. The number of hydrogen-bond donors (Lipinski definition) is 1. The Hall–Kier alpha value is -0.830. The van der Waals surface area contributed by atoms with Crippen molar-refractivity contribution in [3.8, 4) is 0 Å². The molecule has 1 aliphatic rings. The Morgan fingerprint density at radius 1 is 1.77 bits per heavy atom. The van der Waals surface area contributed by atoms with Gasteiger partial charge in [-0.3, -0.25) is 4.79 Å². The molecule has 0 amide bonds. The highest BCUT2D eigenvalue weighted by molar-refractivity contribution is 5.66. The molecule has 0 aliphatic heterocycles. The summed E-state index contributed by atoms with van der Waals surface area (Å²) in [5.74, 6) is 0.225. The molecule has 0 aromatic rings. The number of esters is 1. The van der Waals surface area contributed by atoms with E-state index in [1.807, 2.05) is 6.08 Å². The van der Waals surface area contributed by atoms with Crippen molar-refractivity contribution < 1.29 is 14.6 Å². The van der Waals surface area contributed by atoms with Crippen molar-refractivity contribution >= 4 is 5.97 Å². The predicted molar refractivity (Wildman–Crippen MR) is 49.1 cm³/mol. The van der Waals surface area contributed by atoms with E-state index in [-0.39, 0.29) is 12.6 Å². The van der Waals surface area contributed by atoms with Gasteiger partial charge in [0, 0.05) is 6.92 Å². The minimum Gasteiger partial charge on any atom is -0.461 e. The summed E-state index contributed by atoms with van der Waals surface area (Å²) in [7, 11) is 0. The molecule has 3 nitrogen and oxygen atoms in total. The molecule has 0 spiro atoms. The number of aliphatic hydroxyl groups is 1. The van der Waals surface area contributed by atoms with Crippen LogP contribution in [0.2, 0.25) is 0 Å². The lowest BCUT2D eigenvalue weighted by atomic mass is 9.89. The zero-order valence-corrected chi connectivity index (χ0v) is 8.12. The van der Waals surface area contributed by atoms with E-state index < -0.39 is 6.10 Å². The van der Waals surface area contributed by atoms with Crippen molar-refractivity contribution in [3.63, 3.8) is 0 Å². The van der Waals surface area contributed by atoms with Gasteiger partial charge >= 0.3 is 5.97 Å². The van der Waals surface area contributed by atoms with E-state index in [9.17, 15) is 9.90 Å². The maximum atomic E-state index is 10.5. The minimum absolute atomic E-state index is 0.239. The highest BCUT2D eigenvalue weighted by atomic mass is 16.5. The molecule has 0 bridgehead atoms. The molecule has 0 heterocycles. The third kappa shape index (κ3) is 3.19. The van der Waals surface area contributed by atoms with Gasteiger partial charge in [0.1, 0.15) is 6.61 Å². The molecule has 0 saturated heterocycles. The highest BCUT2D eigenvalue weighted by Gasteiger charge is 2.19. The van der Waals surface area contributed by atoms with E-state index in [4.69, 9.17) is 4.74 Å². The second-order valence-corrected chi connectivity index (χ2v) is 3.65. The Bertz CT molecular complexity index is 220. The van der Waals surface area contributed by atoms with Gasteiger partial charge in [-0.15, -0.1) is 0 Å². The Morgan fingerprint density at radius 2 is 2.46 bits per heavy atom. The summed E-state index contributed by atoms with van der Waals surface area (Å²) >= 11 is 0. The van der Waals surface area contributed by atoms with Crippen LogP contribution in [0.4, 0.5) is 0 Å². The van der Waals surface area contributed by atoms with E-state index in [1.165, 1.54) is 6.92 Å². The number of ether oxygens (including phenoxy) is 1. The van der Waals surface area contributed by atoms with Crippen molar-refractivity contribution in [2.24, 2.45) is 5.92 Å². The van der Waals surface area contributed by atoms with Crippen LogP contribution in [0.3, 0.4) is 0 Å². The number of carbonyl (C=O) groups is 1. The molecular formula is C10H16O3. The maximum Gasteiger partial charge on any atom is 0.302 e. The van der Waals surface area contributed by atoms with Crippen molar-refractivity contribution in [1.29, 1.82) is 0 Å². The Morgan fingerprint density at radius 3 is 3.00 bits per heavy atom. The van der Waals surface area contributed by atoms with Crippen LogP contribution in [0, 0.1) is 5.92 Å². The average Bonchev–Trinajstić information content (AvgIpc) is 2.02. The molecule has 1 N–H and O–H groups in total. The van der Waals surface area contributed by atoms with Gasteiger partial charge in [0.25, 0.3) is 0 Å². The first-order valence-electron chi connectivity index (χ1n) is 4.60. The van der Waals surface area contributed by atoms with Gasteiger partial charge in [0.2, 0.25) is 0 Å². The average molecular weight is 184 g/mol. The fraction of sp³-hybridized carbons (Fsp3) is 0.700. The van der Waals surface area contributed by atoms with Crippen LogP contribution in [-0.2, 0) is 9.53 Å². The second kappa shape index (κ2) is 4.42. The molecule has 13 heavy (non-hydrogen) atoms. The molecule has 1 rings (SSSR count). The minimum atomic E-state index is -0.428. The third-order valence-electron chi connectivity index (χ3n) is 2.28. The molecule has 0 aromatic heterocycles. The Labute approximate surface area is 78.4 Å². The summed E-state index contributed by atoms with van der Waals surface area (Å²) in [5, 5.41) is 9.59. The molecule has 2 atom stereocenters. The van der Waals surface area contributed by atoms with Crippen molar-refractivity contribution in [1.82, 2.24) is 0 Å². The number of allylic oxidation sites excluding steroid dienone is 1. The lowest BCUT2D eigenvalue weighted by Gasteiger charge is -2.23. The molecule has 2 unspecified atom stereocenters. The molecule has 1 aliphatic carbocycles. The summed E-state index contributed by atoms with van der Waals surface area (Å²) < 4.78 is 4.82. The van der Waals surface area contributed by atoms with Gasteiger partial charge in [0.15, 0.2) is 0 Å². The number of rotatable bonds is 2. The predicted octanol–water partition coefficient (Wildman–Crippen LogP) is 1.27. The van der Waals surface area contributed by atoms with Crippen LogP contribution in [0.1, 0.15) is 26.7 Å². The first-order chi connectivity index (χ1) is 6.09. The largest absolute Gasteiger partial charge is 0.461 e.